The number of hydrogen-bond donors (Lipinski definition) is 4. The highest BCUT2D eigenvalue weighted by Crippen LogP contribution is 2.28. The zero-order valence-electron chi connectivity index (χ0n) is 13.7. The lowest BCUT2D eigenvalue weighted by Gasteiger charge is -2.17. The van der Waals surface area contributed by atoms with Crippen LogP contribution in [-0.4, -0.2) is 35.3 Å². The highest BCUT2D eigenvalue weighted by molar-refractivity contribution is 6.16. The van der Waals surface area contributed by atoms with Gasteiger partial charge in [0.25, 0.3) is 0 Å². The summed E-state index contributed by atoms with van der Waals surface area (Å²) in [5.74, 6) is 1.34. The molecule has 0 saturated heterocycles. The van der Waals surface area contributed by atoms with Gasteiger partial charge in [0.1, 0.15) is 18.0 Å². The van der Waals surface area contributed by atoms with Gasteiger partial charge in [-0.15, -0.1) is 0 Å². The fourth-order valence-corrected chi connectivity index (χ4v) is 2.80. The van der Waals surface area contributed by atoms with E-state index in [0.717, 1.165) is 18.5 Å². The van der Waals surface area contributed by atoms with Gasteiger partial charge in [-0.2, -0.15) is 0 Å². The fraction of sp³-hybridized carbons (Fsp3) is 0.353. The summed E-state index contributed by atoms with van der Waals surface area (Å²) >= 11 is 0. The van der Waals surface area contributed by atoms with Crippen LogP contribution in [0.3, 0.4) is 0 Å². The minimum absolute atomic E-state index is 0.227. The Kier molecular flexibility index (Phi) is 4.14. The van der Waals surface area contributed by atoms with Crippen molar-refractivity contribution in [1.82, 2.24) is 9.97 Å². The van der Waals surface area contributed by atoms with Crippen LogP contribution in [0.4, 0.5) is 17.3 Å². The van der Waals surface area contributed by atoms with Gasteiger partial charge in [0.15, 0.2) is 0 Å². The van der Waals surface area contributed by atoms with Crippen molar-refractivity contribution in [2.24, 2.45) is 0 Å². The van der Waals surface area contributed by atoms with E-state index in [1.807, 2.05) is 19.2 Å². The Morgan fingerprint density at radius 3 is 2.78 bits per heavy atom. The summed E-state index contributed by atoms with van der Waals surface area (Å²) < 4.78 is 0. The number of benzene rings is 1. The summed E-state index contributed by atoms with van der Waals surface area (Å²) in [6, 6.07) is 6.34. The third-order valence-electron chi connectivity index (χ3n) is 3.86. The lowest BCUT2D eigenvalue weighted by molar-refractivity contribution is 0.885. The standard InChI is InChI=1S/C17H22N6/c1-10(2)23-17-14(16(19-3)21-9-22-17)15(18)12-4-5-13-11(8-12)6-7-20-13/h4-5,8-10,18,20H,6-7H2,1-3H3,(H2,19,21,22,23). The molecule has 1 aromatic heterocycles. The maximum Gasteiger partial charge on any atom is 0.141 e. The highest BCUT2D eigenvalue weighted by Gasteiger charge is 2.19. The van der Waals surface area contributed by atoms with Crippen LogP contribution in [0.25, 0.3) is 0 Å². The highest BCUT2D eigenvalue weighted by atomic mass is 15.1. The minimum atomic E-state index is 0.227. The summed E-state index contributed by atoms with van der Waals surface area (Å²) in [5.41, 5.74) is 4.43. The van der Waals surface area contributed by atoms with Crippen molar-refractivity contribution in [2.45, 2.75) is 26.3 Å². The first-order chi connectivity index (χ1) is 11.1. The van der Waals surface area contributed by atoms with Crippen LogP contribution < -0.4 is 16.0 Å². The molecular weight excluding hydrogens is 288 g/mol. The van der Waals surface area contributed by atoms with Gasteiger partial charge in [0, 0.05) is 30.9 Å². The fourth-order valence-electron chi connectivity index (χ4n) is 2.80. The van der Waals surface area contributed by atoms with Crippen LogP contribution in [0, 0.1) is 5.41 Å². The van der Waals surface area contributed by atoms with Crippen molar-refractivity contribution in [2.75, 3.05) is 29.5 Å². The Balaban J connectivity index is 2.04. The van der Waals surface area contributed by atoms with E-state index in [1.54, 1.807) is 0 Å². The van der Waals surface area contributed by atoms with E-state index in [2.05, 4.69) is 45.8 Å². The molecular formula is C17H22N6. The molecule has 2 aromatic rings. The lowest BCUT2D eigenvalue weighted by Crippen LogP contribution is -2.18. The van der Waals surface area contributed by atoms with E-state index in [9.17, 15) is 0 Å². The van der Waals surface area contributed by atoms with Crippen LogP contribution in [0.1, 0.15) is 30.5 Å². The van der Waals surface area contributed by atoms with E-state index in [0.29, 0.717) is 22.9 Å². The summed E-state index contributed by atoms with van der Waals surface area (Å²) in [7, 11) is 1.81. The molecule has 23 heavy (non-hydrogen) atoms. The summed E-state index contributed by atoms with van der Waals surface area (Å²) in [6.45, 7) is 5.06. The van der Waals surface area contributed by atoms with Crippen molar-refractivity contribution in [1.29, 1.82) is 5.41 Å². The van der Waals surface area contributed by atoms with Crippen LogP contribution in [-0.2, 0) is 6.42 Å². The first kappa shape index (κ1) is 15.3. The third kappa shape index (κ3) is 2.97. The number of nitrogens with one attached hydrogen (secondary N) is 4. The zero-order chi connectivity index (χ0) is 16.4. The molecule has 2 heterocycles. The number of fused-ring (bicyclic) bond motifs is 1. The Labute approximate surface area is 136 Å². The number of anilines is 3. The molecule has 0 bridgehead atoms. The molecule has 1 aliphatic heterocycles. The summed E-state index contributed by atoms with van der Waals surface area (Å²) in [4.78, 5) is 8.60. The molecule has 6 heteroatoms. The minimum Gasteiger partial charge on any atom is -0.384 e. The molecule has 0 atom stereocenters. The second-order valence-electron chi connectivity index (χ2n) is 5.92. The van der Waals surface area contributed by atoms with Crippen LogP contribution in [0.5, 0.6) is 0 Å². The molecule has 1 aromatic carbocycles. The number of rotatable bonds is 5. The average Bonchev–Trinajstić information content (AvgIpc) is 3.01. The van der Waals surface area contributed by atoms with E-state index in [-0.39, 0.29) is 6.04 Å². The van der Waals surface area contributed by atoms with Crippen LogP contribution in [0.2, 0.25) is 0 Å². The molecule has 6 nitrogen and oxygen atoms in total. The first-order valence-electron chi connectivity index (χ1n) is 7.85. The van der Waals surface area contributed by atoms with Gasteiger partial charge in [0.2, 0.25) is 0 Å². The molecule has 0 fully saturated rings. The van der Waals surface area contributed by atoms with E-state index < -0.39 is 0 Å². The van der Waals surface area contributed by atoms with Gasteiger partial charge in [-0.25, -0.2) is 9.97 Å². The smallest absolute Gasteiger partial charge is 0.141 e. The van der Waals surface area contributed by atoms with Crippen molar-refractivity contribution in [3.05, 3.63) is 41.2 Å². The van der Waals surface area contributed by atoms with Crippen molar-refractivity contribution < 1.29 is 0 Å². The zero-order valence-corrected chi connectivity index (χ0v) is 13.7. The van der Waals surface area contributed by atoms with E-state index >= 15 is 0 Å². The third-order valence-corrected chi connectivity index (χ3v) is 3.86. The Morgan fingerprint density at radius 2 is 2.04 bits per heavy atom. The molecule has 4 N–H and O–H groups in total. The maximum atomic E-state index is 8.68. The molecule has 0 unspecified atom stereocenters. The summed E-state index contributed by atoms with van der Waals surface area (Å²) in [5, 5.41) is 18.4. The number of nitrogens with zero attached hydrogens (tertiary/aromatic N) is 2. The molecule has 120 valence electrons. The predicted octanol–water partition coefficient (Wildman–Crippen LogP) is 2.72. The normalized spacial score (nSPS) is 12.7. The number of aromatic nitrogens is 2. The second-order valence-corrected chi connectivity index (χ2v) is 5.92. The lowest BCUT2D eigenvalue weighted by atomic mass is 9.99. The molecule has 0 amide bonds. The molecule has 0 aliphatic carbocycles. The monoisotopic (exact) mass is 310 g/mol. The Hall–Kier alpha value is -2.63. The molecule has 0 spiro atoms. The average molecular weight is 310 g/mol. The Bertz CT molecular complexity index is 738. The van der Waals surface area contributed by atoms with Gasteiger partial charge in [0.05, 0.1) is 11.3 Å². The molecule has 1 aliphatic rings. The van der Waals surface area contributed by atoms with E-state index in [1.165, 1.54) is 17.6 Å². The first-order valence-corrected chi connectivity index (χ1v) is 7.85. The van der Waals surface area contributed by atoms with Gasteiger partial charge < -0.3 is 16.0 Å². The Morgan fingerprint density at radius 1 is 1.26 bits per heavy atom. The van der Waals surface area contributed by atoms with Gasteiger partial charge in [-0.05, 0) is 38.0 Å². The summed E-state index contributed by atoms with van der Waals surface area (Å²) in [6.07, 6.45) is 2.51. The van der Waals surface area contributed by atoms with Gasteiger partial charge in [-0.1, -0.05) is 6.07 Å². The van der Waals surface area contributed by atoms with Gasteiger partial charge >= 0.3 is 0 Å². The number of hydrogen-bond acceptors (Lipinski definition) is 6. The van der Waals surface area contributed by atoms with Crippen LogP contribution in [0.15, 0.2) is 24.5 Å². The molecule has 3 rings (SSSR count). The molecule has 0 radical (unpaired) electrons. The SMILES string of the molecule is CNc1ncnc(NC(C)C)c1C(=N)c1ccc2c(c1)CCN2. The topological polar surface area (TPSA) is 85.7 Å². The maximum absolute atomic E-state index is 8.68. The van der Waals surface area contributed by atoms with Crippen molar-refractivity contribution >= 4 is 23.0 Å². The van der Waals surface area contributed by atoms with Gasteiger partial charge in [-0.3, -0.25) is 5.41 Å². The molecule has 0 saturated carbocycles. The largest absolute Gasteiger partial charge is 0.384 e. The quantitative estimate of drug-likeness (QED) is 0.638. The van der Waals surface area contributed by atoms with Crippen molar-refractivity contribution in [3.8, 4) is 0 Å². The van der Waals surface area contributed by atoms with Crippen LogP contribution >= 0.6 is 0 Å². The second kappa shape index (κ2) is 6.24. The van der Waals surface area contributed by atoms with Crippen molar-refractivity contribution in [3.63, 3.8) is 0 Å². The van der Waals surface area contributed by atoms with E-state index in [4.69, 9.17) is 5.41 Å². The predicted molar refractivity (Wildman–Crippen MR) is 94.9 cm³/mol.